The second-order valence-electron chi connectivity index (χ2n) is 6.29. The van der Waals surface area contributed by atoms with Crippen molar-refractivity contribution in [3.05, 3.63) is 57.1 Å². The minimum absolute atomic E-state index is 0.146. The summed E-state index contributed by atoms with van der Waals surface area (Å²) >= 11 is 12.4. The fraction of sp³-hybridized carbons (Fsp3) is 0.300. The van der Waals surface area contributed by atoms with Crippen LogP contribution in [0.4, 0.5) is 11.4 Å². The number of benzene rings is 2. The summed E-state index contributed by atoms with van der Waals surface area (Å²) in [7, 11) is 0. The second-order valence-corrected chi connectivity index (χ2v) is 7.11. The summed E-state index contributed by atoms with van der Waals surface area (Å²) in [6.45, 7) is 7.42. The van der Waals surface area contributed by atoms with E-state index < -0.39 is 0 Å². The molecule has 0 unspecified atom stereocenters. The number of aryl methyl sites for hydroxylation is 2. The first-order valence-electron chi connectivity index (χ1n) is 8.30. The van der Waals surface area contributed by atoms with Gasteiger partial charge in [-0.1, -0.05) is 35.3 Å². The molecule has 0 saturated heterocycles. The number of amides is 2. The first-order valence-corrected chi connectivity index (χ1v) is 9.06. The van der Waals surface area contributed by atoms with Crippen molar-refractivity contribution in [3.8, 4) is 0 Å². The molecule has 0 fully saturated rings. The molecule has 0 aliphatic carbocycles. The third-order valence-electron chi connectivity index (χ3n) is 4.17. The van der Waals surface area contributed by atoms with Crippen LogP contribution in [0.5, 0.6) is 0 Å². The second kappa shape index (κ2) is 8.56. The van der Waals surface area contributed by atoms with E-state index in [0.717, 1.165) is 16.7 Å². The van der Waals surface area contributed by atoms with Crippen LogP contribution in [0.25, 0.3) is 0 Å². The molecule has 2 aromatic rings. The number of rotatable bonds is 5. The molecule has 0 aromatic heterocycles. The van der Waals surface area contributed by atoms with Crippen molar-refractivity contribution in [1.29, 1.82) is 0 Å². The predicted molar refractivity (Wildman–Crippen MR) is 108 cm³/mol. The molecule has 26 heavy (non-hydrogen) atoms. The molecule has 0 atom stereocenters. The van der Waals surface area contributed by atoms with E-state index in [-0.39, 0.29) is 24.8 Å². The molecular formula is C20H22Cl2N2O2. The third-order valence-corrected chi connectivity index (χ3v) is 4.88. The molecule has 0 saturated carbocycles. The lowest BCUT2D eigenvalue weighted by Crippen LogP contribution is -2.32. The molecule has 4 nitrogen and oxygen atoms in total. The lowest BCUT2D eigenvalue weighted by molar-refractivity contribution is -0.117. The fourth-order valence-electron chi connectivity index (χ4n) is 2.83. The van der Waals surface area contributed by atoms with Gasteiger partial charge in [0.15, 0.2) is 0 Å². The van der Waals surface area contributed by atoms with Gasteiger partial charge in [0, 0.05) is 30.6 Å². The van der Waals surface area contributed by atoms with Crippen LogP contribution in [0.3, 0.4) is 0 Å². The van der Waals surface area contributed by atoms with Crippen LogP contribution < -0.4 is 10.2 Å². The maximum atomic E-state index is 12.4. The standard InChI is InChI=1S/C20H22Cl2N2O2/c1-12-10-13(2)20(17(22)11-12)23-19(26)8-9-24(15(4)25)18-7-5-6-16(21)14(18)3/h5-7,10-11H,8-9H2,1-4H3,(H,23,26). The van der Waals surface area contributed by atoms with Gasteiger partial charge in [0.25, 0.3) is 0 Å². The largest absolute Gasteiger partial charge is 0.324 e. The minimum Gasteiger partial charge on any atom is -0.324 e. The van der Waals surface area contributed by atoms with Gasteiger partial charge in [-0.15, -0.1) is 0 Å². The number of halogens is 2. The van der Waals surface area contributed by atoms with Gasteiger partial charge in [0.05, 0.1) is 10.7 Å². The van der Waals surface area contributed by atoms with Crippen molar-refractivity contribution in [1.82, 2.24) is 0 Å². The van der Waals surface area contributed by atoms with Gasteiger partial charge >= 0.3 is 0 Å². The highest BCUT2D eigenvalue weighted by molar-refractivity contribution is 6.34. The molecule has 138 valence electrons. The Morgan fingerprint density at radius 2 is 1.77 bits per heavy atom. The minimum atomic E-state index is -0.204. The smallest absolute Gasteiger partial charge is 0.226 e. The highest BCUT2D eigenvalue weighted by Gasteiger charge is 2.17. The Balaban J connectivity index is 2.11. The van der Waals surface area contributed by atoms with Crippen LogP contribution >= 0.6 is 23.2 Å². The number of carbonyl (C=O) groups excluding carboxylic acids is 2. The van der Waals surface area contributed by atoms with E-state index in [1.807, 2.05) is 32.9 Å². The van der Waals surface area contributed by atoms with Crippen LogP contribution in [0.2, 0.25) is 10.0 Å². The first-order chi connectivity index (χ1) is 12.2. The van der Waals surface area contributed by atoms with Crippen molar-refractivity contribution >= 4 is 46.4 Å². The monoisotopic (exact) mass is 392 g/mol. The van der Waals surface area contributed by atoms with Gasteiger partial charge in [-0.05, 0) is 55.7 Å². The molecule has 6 heteroatoms. The number of anilines is 2. The van der Waals surface area contributed by atoms with Crippen molar-refractivity contribution in [2.75, 3.05) is 16.8 Å². The molecule has 1 N–H and O–H groups in total. The highest BCUT2D eigenvalue weighted by atomic mass is 35.5. The molecule has 0 aliphatic heterocycles. The quantitative estimate of drug-likeness (QED) is 0.749. The van der Waals surface area contributed by atoms with Crippen LogP contribution in [-0.4, -0.2) is 18.4 Å². The van der Waals surface area contributed by atoms with E-state index >= 15 is 0 Å². The molecule has 0 spiro atoms. The Hall–Kier alpha value is -2.04. The molecule has 0 aliphatic rings. The fourth-order valence-corrected chi connectivity index (χ4v) is 3.36. The summed E-state index contributed by atoms with van der Waals surface area (Å²) in [6, 6.07) is 9.14. The van der Waals surface area contributed by atoms with Crippen molar-refractivity contribution in [2.45, 2.75) is 34.1 Å². The Bertz CT molecular complexity index is 827. The Morgan fingerprint density at radius 3 is 2.38 bits per heavy atom. The van der Waals surface area contributed by atoms with Gasteiger partial charge < -0.3 is 10.2 Å². The van der Waals surface area contributed by atoms with E-state index in [2.05, 4.69) is 5.32 Å². The molecule has 2 aromatic carbocycles. The van der Waals surface area contributed by atoms with Crippen molar-refractivity contribution in [3.63, 3.8) is 0 Å². The zero-order valence-corrected chi connectivity index (χ0v) is 16.8. The highest BCUT2D eigenvalue weighted by Crippen LogP contribution is 2.28. The topological polar surface area (TPSA) is 49.4 Å². The summed E-state index contributed by atoms with van der Waals surface area (Å²) in [5.41, 5.74) is 4.06. The average molecular weight is 393 g/mol. The molecule has 2 rings (SSSR count). The van der Waals surface area contributed by atoms with Gasteiger partial charge in [0.2, 0.25) is 11.8 Å². The van der Waals surface area contributed by atoms with E-state index in [0.29, 0.717) is 21.4 Å². The predicted octanol–water partition coefficient (Wildman–Crippen LogP) is 5.30. The van der Waals surface area contributed by atoms with Gasteiger partial charge in [0.1, 0.15) is 0 Å². The van der Waals surface area contributed by atoms with E-state index in [1.165, 1.54) is 6.92 Å². The Labute approximate surface area is 164 Å². The van der Waals surface area contributed by atoms with E-state index in [4.69, 9.17) is 23.2 Å². The number of nitrogens with zero attached hydrogens (tertiary/aromatic N) is 1. The van der Waals surface area contributed by atoms with E-state index in [9.17, 15) is 9.59 Å². The zero-order chi connectivity index (χ0) is 19.4. The lowest BCUT2D eigenvalue weighted by Gasteiger charge is -2.23. The van der Waals surface area contributed by atoms with E-state index in [1.54, 1.807) is 23.1 Å². The summed E-state index contributed by atoms with van der Waals surface area (Å²) < 4.78 is 0. The van der Waals surface area contributed by atoms with Crippen LogP contribution in [0.15, 0.2) is 30.3 Å². The Kier molecular flexibility index (Phi) is 6.68. The molecular weight excluding hydrogens is 371 g/mol. The van der Waals surface area contributed by atoms with Gasteiger partial charge in [-0.2, -0.15) is 0 Å². The summed E-state index contributed by atoms with van der Waals surface area (Å²) in [6.07, 6.45) is 0.148. The molecule has 0 radical (unpaired) electrons. The Morgan fingerprint density at radius 1 is 1.08 bits per heavy atom. The van der Waals surface area contributed by atoms with Gasteiger partial charge in [-0.25, -0.2) is 0 Å². The van der Waals surface area contributed by atoms with Crippen molar-refractivity contribution < 1.29 is 9.59 Å². The number of hydrogen-bond donors (Lipinski definition) is 1. The van der Waals surface area contributed by atoms with Crippen LogP contribution in [-0.2, 0) is 9.59 Å². The molecule has 2 amide bonds. The maximum Gasteiger partial charge on any atom is 0.226 e. The van der Waals surface area contributed by atoms with Crippen LogP contribution in [0.1, 0.15) is 30.0 Å². The zero-order valence-electron chi connectivity index (χ0n) is 15.3. The number of hydrogen-bond acceptors (Lipinski definition) is 2. The summed E-state index contributed by atoms with van der Waals surface area (Å²) in [4.78, 5) is 26.0. The first kappa shape index (κ1) is 20.3. The summed E-state index contributed by atoms with van der Waals surface area (Å²) in [5, 5.41) is 3.93. The average Bonchev–Trinajstić information content (AvgIpc) is 2.54. The number of nitrogens with one attached hydrogen (secondary N) is 1. The SMILES string of the molecule is CC(=O)N(CCC(=O)Nc1c(C)cc(C)cc1Cl)c1cccc(Cl)c1C. The maximum absolute atomic E-state index is 12.4. The normalized spacial score (nSPS) is 10.5. The third kappa shape index (κ3) is 4.77. The number of carbonyl (C=O) groups is 2. The molecule has 0 bridgehead atoms. The van der Waals surface area contributed by atoms with Crippen LogP contribution in [0, 0.1) is 20.8 Å². The summed E-state index contributed by atoms with van der Waals surface area (Å²) in [5.74, 6) is -0.350. The van der Waals surface area contributed by atoms with Gasteiger partial charge in [-0.3, -0.25) is 9.59 Å². The van der Waals surface area contributed by atoms with Crippen molar-refractivity contribution in [2.24, 2.45) is 0 Å². The lowest BCUT2D eigenvalue weighted by atomic mass is 10.1. The molecule has 0 heterocycles.